The maximum Gasteiger partial charge on any atom is 0.311 e. The first kappa shape index (κ1) is 12.6. The van der Waals surface area contributed by atoms with Crippen molar-refractivity contribution >= 4 is 11.9 Å². The van der Waals surface area contributed by atoms with Crippen molar-refractivity contribution in [2.75, 3.05) is 0 Å². The average molecular weight is 247 g/mol. The fraction of sp³-hybridized carbons (Fsp3) is 0.429. The van der Waals surface area contributed by atoms with Gasteiger partial charge in [0, 0.05) is 0 Å². The Kier molecular flexibility index (Phi) is 3.65. The van der Waals surface area contributed by atoms with E-state index in [4.69, 9.17) is 10.5 Å². The van der Waals surface area contributed by atoms with Crippen LogP contribution in [0, 0.1) is 0 Å². The minimum absolute atomic E-state index is 0.185. The number of nitrogens with two attached hydrogens (primary N) is 1. The van der Waals surface area contributed by atoms with Crippen LogP contribution in [0.2, 0.25) is 0 Å². The minimum Gasteiger partial charge on any atom is -0.452 e. The van der Waals surface area contributed by atoms with Crippen LogP contribution in [0.3, 0.4) is 0 Å². The molecule has 0 unspecified atom stereocenters. The first-order chi connectivity index (χ1) is 8.56. The highest BCUT2D eigenvalue weighted by atomic mass is 16.5. The van der Waals surface area contributed by atoms with Gasteiger partial charge in [0.15, 0.2) is 6.10 Å². The first-order valence-corrected chi connectivity index (χ1v) is 6.16. The third-order valence-electron chi connectivity index (χ3n) is 3.22. The highest BCUT2D eigenvalue weighted by Gasteiger charge is 2.16. The Morgan fingerprint density at radius 3 is 2.78 bits per heavy atom. The third-order valence-corrected chi connectivity index (χ3v) is 3.22. The molecule has 0 bridgehead atoms. The molecule has 96 valence electrons. The molecule has 1 atom stereocenters. The van der Waals surface area contributed by atoms with Crippen molar-refractivity contribution in [3.8, 4) is 0 Å². The zero-order valence-corrected chi connectivity index (χ0v) is 10.4. The van der Waals surface area contributed by atoms with Gasteiger partial charge in [-0.1, -0.05) is 18.2 Å². The summed E-state index contributed by atoms with van der Waals surface area (Å²) in [5.41, 5.74) is 8.66. The molecule has 18 heavy (non-hydrogen) atoms. The second-order valence-corrected chi connectivity index (χ2v) is 4.67. The van der Waals surface area contributed by atoms with Crippen LogP contribution in [0.4, 0.5) is 0 Å². The second-order valence-electron chi connectivity index (χ2n) is 4.67. The van der Waals surface area contributed by atoms with Gasteiger partial charge in [0.25, 0.3) is 5.91 Å². The Morgan fingerprint density at radius 1 is 1.33 bits per heavy atom. The van der Waals surface area contributed by atoms with Crippen molar-refractivity contribution in [1.82, 2.24) is 0 Å². The Bertz CT molecular complexity index is 482. The van der Waals surface area contributed by atoms with Crippen molar-refractivity contribution in [2.45, 2.75) is 38.7 Å². The van der Waals surface area contributed by atoms with Crippen molar-refractivity contribution in [3.05, 3.63) is 34.9 Å². The lowest BCUT2D eigenvalue weighted by Gasteiger charge is -2.10. The van der Waals surface area contributed by atoms with Gasteiger partial charge in [0.1, 0.15) is 0 Å². The molecule has 1 amide bonds. The molecule has 0 heterocycles. The molecule has 1 aliphatic carbocycles. The van der Waals surface area contributed by atoms with Crippen molar-refractivity contribution in [1.29, 1.82) is 0 Å². The topological polar surface area (TPSA) is 69.4 Å². The Hall–Kier alpha value is -1.84. The van der Waals surface area contributed by atoms with Gasteiger partial charge >= 0.3 is 5.97 Å². The minimum atomic E-state index is -0.869. The van der Waals surface area contributed by atoms with Gasteiger partial charge in [-0.3, -0.25) is 9.59 Å². The molecule has 0 aromatic heterocycles. The molecule has 2 rings (SSSR count). The fourth-order valence-corrected chi connectivity index (χ4v) is 2.20. The number of benzene rings is 1. The van der Waals surface area contributed by atoms with Crippen LogP contribution in [0.15, 0.2) is 18.2 Å². The molecule has 0 saturated carbocycles. The van der Waals surface area contributed by atoms with Gasteiger partial charge in [0.2, 0.25) is 0 Å². The summed E-state index contributed by atoms with van der Waals surface area (Å²) < 4.78 is 4.92. The molecule has 1 aromatic rings. The number of ether oxygens (including phenoxy) is 1. The van der Waals surface area contributed by atoms with E-state index in [-0.39, 0.29) is 6.42 Å². The lowest BCUT2D eigenvalue weighted by molar-refractivity contribution is -0.153. The average Bonchev–Trinajstić information content (AvgIpc) is 2.75. The summed E-state index contributed by atoms with van der Waals surface area (Å²) in [4.78, 5) is 22.4. The van der Waals surface area contributed by atoms with Crippen molar-refractivity contribution in [3.63, 3.8) is 0 Å². The summed E-state index contributed by atoms with van der Waals surface area (Å²) in [5.74, 6) is -1.04. The molecule has 4 heteroatoms. The van der Waals surface area contributed by atoms with Crippen LogP contribution in [-0.2, 0) is 33.6 Å². The van der Waals surface area contributed by atoms with Crippen LogP contribution >= 0.6 is 0 Å². The number of esters is 1. The number of carbonyl (C=O) groups is 2. The number of amides is 1. The number of carbonyl (C=O) groups excluding carboxylic acids is 2. The monoisotopic (exact) mass is 247 g/mol. The molecule has 0 radical (unpaired) electrons. The number of aryl methyl sites for hydroxylation is 2. The summed E-state index contributed by atoms with van der Waals surface area (Å²) in [7, 11) is 0. The van der Waals surface area contributed by atoms with Crippen LogP contribution in [0.25, 0.3) is 0 Å². The van der Waals surface area contributed by atoms with E-state index < -0.39 is 18.0 Å². The zero-order chi connectivity index (χ0) is 13.1. The predicted molar refractivity (Wildman–Crippen MR) is 66.9 cm³/mol. The lowest BCUT2D eigenvalue weighted by atomic mass is 10.0. The molecular weight excluding hydrogens is 230 g/mol. The number of hydrogen-bond acceptors (Lipinski definition) is 3. The van der Waals surface area contributed by atoms with E-state index in [2.05, 4.69) is 12.1 Å². The van der Waals surface area contributed by atoms with Gasteiger partial charge in [-0.2, -0.15) is 0 Å². The molecule has 2 N–H and O–H groups in total. The molecule has 1 aromatic carbocycles. The normalized spacial score (nSPS) is 14.9. The van der Waals surface area contributed by atoms with Gasteiger partial charge in [-0.25, -0.2) is 0 Å². The van der Waals surface area contributed by atoms with E-state index in [0.29, 0.717) is 0 Å². The van der Waals surface area contributed by atoms with Crippen molar-refractivity contribution in [2.24, 2.45) is 5.73 Å². The van der Waals surface area contributed by atoms with Crippen LogP contribution in [0.5, 0.6) is 0 Å². The van der Waals surface area contributed by atoms with E-state index in [1.807, 2.05) is 6.07 Å². The number of fused-ring (bicyclic) bond motifs is 1. The smallest absolute Gasteiger partial charge is 0.311 e. The summed E-state index contributed by atoms with van der Waals surface area (Å²) in [6, 6.07) is 6.07. The van der Waals surface area contributed by atoms with E-state index in [9.17, 15) is 9.59 Å². The maximum absolute atomic E-state index is 11.6. The Morgan fingerprint density at radius 2 is 2.06 bits per heavy atom. The van der Waals surface area contributed by atoms with Gasteiger partial charge in [-0.15, -0.1) is 0 Å². The third kappa shape index (κ3) is 2.88. The van der Waals surface area contributed by atoms with Gasteiger partial charge in [0.05, 0.1) is 6.42 Å². The van der Waals surface area contributed by atoms with Gasteiger partial charge < -0.3 is 10.5 Å². The van der Waals surface area contributed by atoms with E-state index in [0.717, 1.165) is 18.4 Å². The Labute approximate surface area is 106 Å². The van der Waals surface area contributed by atoms with E-state index in [1.165, 1.54) is 24.5 Å². The number of hydrogen-bond donors (Lipinski definition) is 1. The summed E-state index contributed by atoms with van der Waals surface area (Å²) >= 11 is 0. The van der Waals surface area contributed by atoms with Crippen LogP contribution in [-0.4, -0.2) is 18.0 Å². The maximum atomic E-state index is 11.6. The standard InChI is InChI=1S/C14H17NO3/c1-9(14(15)17)18-13(16)8-10-5-6-11-3-2-4-12(11)7-10/h5-7,9H,2-4,8H2,1H3,(H2,15,17)/t9-/m1/s1. The highest BCUT2D eigenvalue weighted by molar-refractivity contribution is 5.82. The fourth-order valence-electron chi connectivity index (χ4n) is 2.20. The zero-order valence-electron chi connectivity index (χ0n) is 10.4. The summed E-state index contributed by atoms with van der Waals surface area (Å²) in [6.07, 6.45) is 2.70. The van der Waals surface area contributed by atoms with E-state index in [1.54, 1.807) is 0 Å². The molecule has 0 spiro atoms. The molecule has 4 nitrogen and oxygen atoms in total. The Balaban J connectivity index is 1.97. The number of primary amides is 1. The van der Waals surface area contributed by atoms with Crippen molar-refractivity contribution < 1.29 is 14.3 Å². The van der Waals surface area contributed by atoms with E-state index >= 15 is 0 Å². The summed E-state index contributed by atoms with van der Waals surface area (Å²) in [5, 5.41) is 0. The molecule has 0 fully saturated rings. The highest BCUT2D eigenvalue weighted by Crippen LogP contribution is 2.23. The lowest BCUT2D eigenvalue weighted by Crippen LogP contribution is -2.30. The quantitative estimate of drug-likeness (QED) is 0.811. The SMILES string of the molecule is C[C@@H](OC(=O)Cc1ccc2c(c1)CCC2)C(N)=O. The van der Waals surface area contributed by atoms with Gasteiger partial charge in [-0.05, 0) is 42.9 Å². The van der Waals surface area contributed by atoms with Crippen LogP contribution in [0.1, 0.15) is 30.0 Å². The van der Waals surface area contributed by atoms with Crippen LogP contribution < -0.4 is 5.73 Å². The largest absolute Gasteiger partial charge is 0.452 e. The summed E-state index contributed by atoms with van der Waals surface area (Å²) in [6.45, 7) is 1.48. The predicted octanol–water partition coefficient (Wildman–Crippen LogP) is 1.13. The second kappa shape index (κ2) is 5.21. The molecule has 0 aliphatic heterocycles. The first-order valence-electron chi connectivity index (χ1n) is 6.16. The molecule has 1 aliphatic rings. The molecule has 0 saturated heterocycles. The number of rotatable bonds is 4. The molecular formula is C14H17NO3.